The maximum atomic E-state index is 12.0. The molecule has 0 saturated heterocycles. The number of carbonyl (C=O) groups is 1. The lowest BCUT2D eigenvalue weighted by Crippen LogP contribution is -2.37. The number of halogens is 1. The Morgan fingerprint density at radius 2 is 2.00 bits per heavy atom. The van der Waals surface area contributed by atoms with Gasteiger partial charge in [0.2, 0.25) is 5.28 Å². The number of hydrogen-bond acceptors (Lipinski definition) is 3. The standard InChI is InChI=1S/C13H18ClN3O/c1-8-3-5-10(6-4-8)16-12(18)11-7-9(2)15-13(14)17-11/h7-8,10H,3-6H2,1-2H3,(H,16,18). The van der Waals surface area contributed by atoms with E-state index in [1.54, 1.807) is 13.0 Å². The fourth-order valence-electron chi connectivity index (χ4n) is 2.31. The van der Waals surface area contributed by atoms with Crippen LogP contribution in [-0.2, 0) is 0 Å². The van der Waals surface area contributed by atoms with Gasteiger partial charge in [0.1, 0.15) is 5.69 Å². The van der Waals surface area contributed by atoms with Crippen molar-refractivity contribution in [1.29, 1.82) is 0 Å². The minimum atomic E-state index is -0.151. The Kier molecular flexibility index (Phi) is 4.17. The highest BCUT2D eigenvalue weighted by molar-refractivity contribution is 6.28. The van der Waals surface area contributed by atoms with E-state index < -0.39 is 0 Å². The van der Waals surface area contributed by atoms with Gasteiger partial charge in [-0.05, 0) is 56.2 Å². The third-order valence-electron chi connectivity index (χ3n) is 3.41. The molecule has 1 fully saturated rings. The molecular weight excluding hydrogens is 250 g/mol. The number of carbonyl (C=O) groups excluding carboxylic acids is 1. The molecule has 18 heavy (non-hydrogen) atoms. The molecule has 1 aromatic rings. The molecule has 1 aliphatic carbocycles. The lowest BCUT2D eigenvalue weighted by molar-refractivity contribution is 0.0917. The summed E-state index contributed by atoms with van der Waals surface area (Å²) >= 11 is 5.75. The summed E-state index contributed by atoms with van der Waals surface area (Å²) in [6, 6.07) is 1.93. The highest BCUT2D eigenvalue weighted by Crippen LogP contribution is 2.23. The van der Waals surface area contributed by atoms with E-state index >= 15 is 0 Å². The summed E-state index contributed by atoms with van der Waals surface area (Å²) < 4.78 is 0. The van der Waals surface area contributed by atoms with Crippen LogP contribution in [-0.4, -0.2) is 21.9 Å². The third-order valence-corrected chi connectivity index (χ3v) is 3.58. The van der Waals surface area contributed by atoms with Crippen LogP contribution in [0.2, 0.25) is 5.28 Å². The second kappa shape index (κ2) is 5.65. The molecule has 0 bridgehead atoms. The van der Waals surface area contributed by atoms with Crippen LogP contribution >= 0.6 is 11.6 Å². The highest BCUT2D eigenvalue weighted by Gasteiger charge is 2.21. The Labute approximate surface area is 112 Å². The lowest BCUT2D eigenvalue weighted by atomic mass is 9.87. The van der Waals surface area contributed by atoms with E-state index in [-0.39, 0.29) is 17.2 Å². The molecule has 0 unspecified atom stereocenters. The quantitative estimate of drug-likeness (QED) is 0.839. The first-order chi connectivity index (χ1) is 8.54. The number of nitrogens with zero attached hydrogens (tertiary/aromatic N) is 2. The molecule has 0 spiro atoms. The van der Waals surface area contributed by atoms with Crippen molar-refractivity contribution in [2.24, 2.45) is 5.92 Å². The van der Waals surface area contributed by atoms with Crippen LogP contribution in [0.5, 0.6) is 0 Å². The Hall–Kier alpha value is -1.16. The molecule has 0 atom stereocenters. The van der Waals surface area contributed by atoms with Gasteiger partial charge in [-0.1, -0.05) is 6.92 Å². The fraction of sp³-hybridized carbons (Fsp3) is 0.615. The Morgan fingerprint density at radius 3 is 2.61 bits per heavy atom. The Morgan fingerprint density at radius 1 is 1.33 bits per heavy atom. The zero-order valence-corrected chi connectivity index (χ0v) is 11.5. The zero-order chi connectivity index (χ0) is 13.1. The Bertz CT molecular complexity index is 422. The van der Waals surface area contributed by atoms with Crippen molar-refractivity contribution >= 4 is 17.5 Å². The van der Waals surface area contributed by atoms with Crippen LogP contribution in [0.4, 0.5) is 0 Å². The van der Waals surface area contributed by atoms with Crippen molar-refractivity contribution in [2.45, 2.75) is 45.6 Å². The summed E-state index contributed by atoms with van der Waals surface area (Å²) in [7, 11) is 0. The first kappa shape index (κ1) is 13.3. The van der Waals surface area contributed by atoms with E-state index in [9.17, 15) is 4.79 Å². The van der Waals surface area contributed by atoms with E-state index in [0.29, 0.717) is 11.4 Å². The molecule has 1 N–H and O–H groups in total. The number of amides is 1. The second-order valence-electron chi connectivity index (χ2n) is 5.09. The van der Waals surface area contributed by atoms with Crippen LogP contribution in [0, 0.1) is 12.8 Å². The molecule has 4 nitrogen and oxygen atoms in total. The van der Waals surface area contributed by atoms with Crippen molar-refractivity contribution in [3.8, 4) is 0 Å². The van der Waals surface area contributed by atoms with Gasteiger partial charge in [0, 0.05) is 11.7 Å². The molecule has 0 aliphatic heterocycles. The van der Waals surface area contributed by atoms with Gasteiger partial charge in [-0.15, -0.1) is 0 Å². The van der Waals surface area contributed by atoms with Gasteiger partial charge in [0.15, 0.2) is 0 Å². The summed E-state index contributed by atoms with van der Waals surface area (Å²) in [5.74, 6) is 0.621. The minimum absolute atomic E-state index is 0.123. The lowest BCUT2D eigenvalue weighted by Gasteiger charge is -2.26. The molecule has 2 rings (SSSR count). The number of aromatic nitrogens is 2. The van der Waals surface area contributed by atoms with Crippen LogP contribution in [0.3, 0.4) is 0 Å². The van der Waals surface area contributed by atoms with Gasteiger partial charge in [-0.25, -0.2) is 9.97 Å². The average Bonchev–Trinajstić information content (AvgIpc) is 2.31. The van der Waals surface area contributed by atoms with Crippen molar-refractivity contribution in [3.63, 3.8) is 0 Å². The molecule has 1 heterocycles. The summed E-state index contributed by atoms with van der Waals surface area (Å²) in [5.41, 5.74) is 1.06. The van der Waals surface area contributed by atoms with Crippen LogP contribution in [0.15, 0.2) is 6.07 Å². The van der Waals surface area contributed by atoms with E-state index in [1.165, 1.54) is 12.8 Å². The molecule has 0 aromatic carbocycles. The molecule has 1 aromatic heterocycles. The molecule has 1 saturated carbocycles. The topological polar surface area (TPSA) is 54.9 Å². The first-order valence-corrected chi connectivity index (χ1v) is 6.74. The molecule has 1 aliphatic rings. The Balaban J connectivity index is 1.99. The maximum Gasteiger partial charge on any atom is 0.270 e. The van der Waals surface area contributed by atoms with E-state index in [2.05, 4.69) is 22.2 Å². The van der Waals surface area contributed by atoms with E-state index in [0.717, 1.165) is 18.8 Å². The number of rotatable bonds is 2. The minimum Gasteiger partial charge on any atom is -0.348 e. The summed E-state index contributed by atoms with van der Waals surface area (Å²) in [6.45, 7) is 4.05. The van der Waals surface area contributed by atoms with Crippen LogP contribution in [0.25, 0.3) is 0 Å². The van der Waals surface area contributed by atoms with Gasteiger partial charge in [-0.3, -0.25) is 4.79 Å². The van der Waals surface area contributed by atoms with Gasteiger partial charge in [0.25, 0.3) is 5.91 Å². The predicted octanol–water partition coefficient (Wildman–Crippen LogP) is 2.75. The fourth-order valence-corrected chi connectivity index (χ4v) is 2.54. The average molecular weight is 268 g/mol. The maximum absolute atomic E-state index is 12.0. The highest BCUT2D eigenvalue weighted by atomic mass is 35.5. The smallest absolute Gasteiger partial charge is 0.270 e. The number of aryl methyl sites for hydroxylation is 1. The van der Waals surface area contributed by atoms with E-state index in [4.69, 9.17) is 11.6 Å². The van der Waals surface area contributed by atoms with Gasteiger partial charge in [-0.2, -0.15) is 0 Å². The van der Waals surface area contributed by atoms with Crippen molar-refractivity contribution in [3.05, 3.63) is 22.7 Å². The van der Waals surface area contributed by atoms with E-state index in [1.807, 2.05) is 0 Å². The third kappa shape index (κ3) is 3.42. The molecule has 98 valence electrons. The number of nitrogens with one attached hydrogen (secondary N) is 1. The molecule has 5 heteroatoms. The second-order valence-corrected chi connectivity index (χ2v) is 5.43. The van der Waals surface area contributed by atoms with Gasteiger partial charge in [0.05, 0.1) is 0 Å². The molecule has 1 amide bonds. The predicted molar refractivity (Wildman–Crippen MR) is 70.7 cm³/mol. The van der Waals surface area contributed by atoms with Crippen LogP contribution < -0.4 is 5.32 Å². The number of hydrogen-bond donors (Lipinski definition) is 1. The molecular formula is C13H18ClN3O. The van der Waals surface area contributed by atoms with Crippen molar-refractivity contribution < 1.29 is 4.79 Å². The van der Waals surface area contributed by atoms with Crippen molar-refractivity contribution in [2.75, 3.05) is 0 Å². The van der Waals surface area contributed by atoms with Crippen LogP contribution in [0.1, 0.15) is 48.8 Å². The first-order valence-electron chi connectivity index (χ1n) is 6.36. The SMILES string of the molecule is Cc1cc(C(=O)NC2CCC(C)CC2)nc(Cl)n1. The normalized spacial score (nSPS) is 23.7. The largest absolute Gasteiger partial charge is 0.348 e. The van der Waals surface area contributed by atoms with Crippen molar-refractivity contribution in [1.82, 2.24) is 15.3 Å². The summed E-state index contributed by atoms with van der Waals surface area (Å²) in [5, 5.41) is 3.14. The monoisotopic (exact) mass is 267 g/mol. The van der Waals surface area contributed by atoms with Gasteiger partial charge < -0.3 is 5.32 Å². The molecule has 0 radical (unpaired) electrons. The summed E-state index contributed by atoms with van der Waals surface area (Å²) in [6.07, 6.45) is 4.44. The van der Waals surface area contributed by atoms with Gasteiger partial charge >= 0.3 is 0 Å². The summed E-state index contributed by atoms with van der Waals surface area (Å²) in [4.78, 5) is 19.9. The zero-order valence-electron chi connectivity index (χ0n) is 10.7.